The first kappa shape index (κ1) is 9.40. The Labute approximate surface area is 88.5 Å². The minimum Gasteiger partial charge on any atom is -0.216 e. The van der Waals surface area contributed by atoms with Crippen LogP contribution < -0.4 is 5.01 Å². The Morgan fingerprint density at radius 1 is 0.733 bits per heavy atom. The SMILES string of the molecule is N=NN(c1ccccc1)c1ccccc1. The molecular weight excluding hydrogens is 186 g/mol. The number of nitrogens with zero attached hydrogens (tertiary/aromatic N) is 2. The molecule has 0 saturated heterocycles. The van der Waals surface area contributed by atoms with Gasteiger partial charge in [0.25, 0.3) is 0 Å². The van der Waals surface area contributed by atoms with Crippen molar-refractivity contribution >= 4 is 11.4 Å². The van der Waals surface area contributed by atoms with E-state index in [9.17, 15) is 0 Å². The predicted octanol–water partition coefficient (Wildman–Crippen LogP) is 3.77. The fraction of sp³-hybridized carbons (Fsp3) is 0. The number of anilines is 2. The lowest BCUT2D eigenvalue weighted by atomic mass is 10.2. The summed E-state index contributed by atoms with van der Waals surface area (Å²) in [4.78, 5) is 0. The maximum Gasteiger partial charge on any atom is 0.0669 e. The number of para-hydroxylation sites is 2. The Morgan fingerprint density at radius 2 is 1.13 bits per heavy atom. The lowest BCUT2D eigenvalue weighted by Gasteiger charge is -2.16. The van der Waals surface area contributed by atoms with Crippen molar-refractivity contribution in [3.63, 3.8) is 0 Å². The zero-order chi connectivity index (χ0) is 10.5. The third-order valence-corrected chi connectivity index (χ3v) is 2.10. The van der Waals surface area contributed by atoms with Crippen LogP contribution in [0.15, 0.2) is 65.9 Å². The van der Waals surface area contributed by atoms with E-state index in [0.717, 1.165) is 11.4 Å². The molecule has 15 heavy (non-hydrogen) atoms. The second-order valence-corrected chi connectivity index (χ2v) is 3.08. The highest BCUT2D eigenvalue weighted by Crippen LogP contribution is 2.24. The highest BCUT2D eigenvalue weighted by Gasteiger charge is 2.05. The zero-order valence-corrected chi connectivity index (χ0v) is 8.17. The van der Waals surface area contributed by atoms with Crippen molar-refractivity contribution in [2.45, 2.75) is 0 Å². The van der Waals surface area contributed by atoms with Crippen molar-refractivity contribution < 1.29 is 0 Å². The van der Waals surface area contributed by atoms with E-state index in [4.69, 9.17) is 5.53 Å². The van der Waals surface area contributed by atoms with Crippen LogP contribution in [-0.2, 0) is 0 Å². The van der Waals surface area contributed by atoms with Crippen LogP contribution >= 0.6 is 0 Å². The van der Waals surface area contributed by atoms with Crippen molar-refractivity contribution in [2.24, 2.45) is 5.22 Å². The van der Waals surface area contributed by atoms with E-state index in [1.165, 1.54) is 0 Å². The molecule has 0 aromatic heterocycles. The van der Waals surface area contributed by atoms with Crippen LogP contribution in [0.3, 0.4) is 0 Å². The molecule has 3 heteroatoms. The molecule has 0 saturated carbocycles. The lowest BCUT2D eigenvalue weighted by molar-refractivity contribution is 0.922. The number of benzene rings is 2. The molecule has 0 unspecified atom stereocenters. The Kier molecular flexibility index (Phi) is 2.74. The summed E-state index contributed by atoms with van der Waals surface area (Å²) in [5, 5.41) is 5.10. The summed E-state index contributed by atoms with van der Waals surface area (Å²) < 4.78 is 0. The summed E-state index contributed by atoms with van der Waals surface area (Å²) in [7, 11) is 0. The largest absolute Gasteiger partial charge is 0.216 e. The molecule has 0 atom stereocenters. The first-order valence-electron chi connectivity index (χ1n) is 4.69. The molecule has 74 valence electrons. The molecule has 0 aliphatic heterocycles. The summed E-state index contributed by atoms with van der Waals surface area (Å²) in [6.07, 6.45) is 0. The molecule has 0 heterocycles. The average Bonchev–Trinajstić information content (AvgIpc) is 2.33. The molecule has 0 fully saturated rings. The highest BCUT2D eigenvalue weighted by atomic mass is 15.5. The van der Waals surface area contributed by atoms with Gasteiger partial charge in [0.05, 0.1) is 11.4 Å². The van der Waals surface area contributed by atoms with E-state index >= 15 is 0 Å². The predicted molar refractivity (Wildman–Crippen MR) is 60.2 cm³/mol. The van der Waals surface area contributed by atoms with E-state index in [-0.39, 0.29) is 0 Å². The summed E-state index contributed by atoms with van der Waals surface area (Å²) >= 11 is 0. The molecule has 3 nitrogen and oxygen atoms in total. The van der Waals surface area contributed by atoms with Gasteiger partial charge < -0.3 is 0 Å². The van der Waals surface area contributed by atoms with Crippen LogP contribution in [0.4, 0.5) is 11.4 Å². The van der Waals surface area contributed by atoms with Crippen LogP contribution in [0.5, 0.6) is 0 Å². The highest BCUT2D eigenvalue weighted by molar-refractivity contribution is 5.61. The first-order chi connectivity index (χ1) is 7.42. The molecule has 0 spiro atoms. The summed E-state index contributed by atoms with van der Waals surface area (Å²) in [6.45, 7) is 0. The van der Waals surface area contributed by atoms with Gasteiger partial charge in [-0.2, -0.15) is 5.53 Å². The van der Waals surface area contributed by atoms with Gasteiger partial charge in [0.15, 0.2) is 0 Å². The number of rotatable bonds is 3. The van der Waals surface area contributed by atoms with Crippen molar-refractivity contribution in [2.75, 3.05) is 5.01 Å². The molecule has 2 aromatic rings. The fourth-order valence-electron chi connectivity index (χ4n) is 1.40. The normalized spacial score (nSPS) is 9.60. The van der Waals surface area contributed by atoms with Gasteiger partial charge in [-0.25, -0.2) is 5.01 Å². The average molecular weight is 197 g/mol. The monoisotopic (exact) mass is 197 g/mol. The minimum absolute atomic E-state index is 0.888. The van der Waals surface area contributed by atoms with Crippen molar-refractivity contribution in [1.82, 2.24) is 0 Å². The van der Waals surface area contributed by atoms with Gasteiger partial charge in [0.1, 0.15) is 0 Å². The van der Waals surface area contributed by atoms with E-state index in [1.54, 1.807) is 5.01 Å². The van der Waals surface area contributed by atoms with Crippen LogP contribution in [0.25, 0.3) is 0 Å². The van der Waals surface area contributed by atoms with Gasteiger partial charge in [0, 0.05) is 0 Å². The Morgan fingerprint density at radius 3 is 1.47 bits per heavy atom. The standard InChI is InChI=1S/C12H11N3/c13-14-15(11-7-3-1-4-8-11)12-9-5-2-6-10-12/h1-10,13H. The quantitative estimate of drug-likeness (QED) is 0.590. The summed E-state index contributed by atoms with van der Waals surface area (Å²) in [5.74, 6) is 0. The van der Waals surface area contributed by atoms with E-state index < -0.39 is 0 Å². The Balaban J connectivity index is 2.38. The second kappa shape index (κ2) is 4.37. The molecular formula is C12H11N3. The van der Waals surface area contributed by atoms with Gasteiger partial charge >= 0.3 is 0 Å². The van der Waals surface area contributed by atoms with E-state index in [1.807, 2.05) is 60.7 Å². The zero-order valence-electron chi connectivity index (χ0n) is 8.17. The minimum atomic E-state index is 0.888. The van der Waals surface area contributed by atoms with Gasteiger partial charge in [-0.15, -0.1) is 0 Å². The van der Waals surface area contributed by atoms with Crippen molar-refractivity contribution in [1.29, 1.82) is 5.53 Å². The third-order valence-electron chi connectivity index (χ3n) is 2.10. The van der Waals surface area contributed by atoms with Crippen LogP contribution in [0, 0.1) is 5.53 Å². The maximum absolute atomic E-state index is 7.19. The van der Waals surface area contributed by atoms with Crippen LogP contribution in [0.1, 0.15) is 0 Å². The molecule has 2 aromatic carbocycles. The number of hydrogen-bond acceptors (Lipinski definition) is 2. The van der Waals surface area contributed by atoms with Gasteiger partial charge in [0.2, 0.25) is 0 Å². The molecule has 0 amide bonds. The summed E-state index contributed by atoms with van der Waals surface area (Å²) in [5.41, 5.74) is 8.96. The van der Waals surface area contributed by atoms with Crippen molar-refractivity contribution in [3.05, 3.63) is 60.7 Å². The number of hydrogen-bond donors (Lipinski definition) is 1. The fourth-order valence-corrected chi connectivity index (χ4v) is 1.40. The van der Waals surface area contributed by atoms with E-state index in [2.05, 4.69) is 5.22 Å². The molecule has 0 aliphatic carbocycles. The molecule has 0 bridgehead atoms. The molecule has 1 N–H and O–H groups in total. The summed E-state index contributed by atoms with van der Waals surface area (Å²) in [6, 6.07) is 19.3. The smallest absolute Gasteiger partial charge is 0.0669 e. The molecule has 0 aliphatic rings. The van der Waals surface area contributed by atoms with Crippen LogP contribution in [-0.4, -0.2) is 0 Å². The van der Waals surface area contributed by atoms with E-state index in [0.29, 0.717) is 0 Å². The molecule has 0 radical (unpaired) electrons. The number of nitrogens with one attached hydrogen (secondary N) is 1. The maximum atomic E-state index is 7.19. The second-order valence-electron chi connectivity index (χ2n) is 3.08. The van der Waals surface area contributed by atoms with Crippen LogP contribution in [0.2, 0.25) is 0 Å². The third kappa shape index (κ3) is 2.02. The Bertz CT molecular complexity index is 386. The molecule has 2 rings (SSSR count). The topological polar surface area (TPSA) is 39.5 Å². The van der Waals surface area contributed by atoms with Gasteiger partial charge in [-0.05, 0) is 24.3 Å². The Hall–Kier alpha value is -2.16. The van der Waals surface area contributed by atoms with Gasteiger partial charge in [-0.3, -0.25) is 0 Å². The first-order valence-corrected chi connectivity index (χ1v) is 4.69. The lowest BCUT2D eigenvalue weighted by Crippen LogP contribution is -2.06. The van der Waals surface area contributed by atoms with Crippen molar-refractivity contribution in [3.8, 4) is 0 Å². The van der Waals surface area contributed by atoms with Gasteiger partial charge in [-0.1, -0.05) is 41.6 Å².